The number of aryl methyl sites for hydroxylation is 1. The van der Waals surface area contributed by atoms with Gasteiger partial charge in [0.05, 0.1) is 4.90 Å². The molecule has 166 valence electrons. The number of unbranched alkanes of at least 4 members (excludes halogenated alkanes) is 1. The van der Waals surface area contributed by atoms with Gasteiger partial charge in [-0.2, -0.15) is 4.31 Å². The maximum absolute atomic E-state index is 13.4. The molecule has 1 heterocycles. The number of carbonyl (C=O) groups excluding carboxylic acids is 1. The number of benzene rings is 2. The number of hydrogen-bond acceptors (Lipinski definition) is 4. The molecule has 0 aromatic heterocycles. The van der Waals surface area contributed by atoms with Gasteiger partial charge in [-0.3, -0.25) is 4.79 Å². The summed E-state index contributed by atoms with van der Waals surface area (Å²) in [5.74, 6) is -1.71. The van der Waals surface area contributed by atoms with Gasteiger partial charge in [0, 0.05) is 6.54 Å². The third-order valence-corrected chi connectivity index (χ3v) is 7.47. The van der Waals surface area contributed by atoms with Crippen LogP contribution in [0.1, 0.15) is 42.9 Å². The van der Waals surface area contributed by atoms with Crippen LogP contribution in [0.3, 0.4) is 0 Å². The molecule has 1 aliphatic rings. The van der Waals surface area contributed by atoms with Crippen LogP contribution in [0.4, 0.5) is 0 Å². The SMILES string of the molecule is CCCCC(NC(=O)[C@@H]1Cc2ccccc2CN1S(=O)(=O)c1ccc(C)cc1)C(=O)O. The monoisotopic (exact) mass is 444 g/mol. The molecular formula is C23H28N2O5S. The fourth-order valence-corrected chi connectivity index (χ4v) is 5.32. The molecule has 1 unspecified atom stereocenters. The van der Waals surface area contributed by atoms with Crippen molar-refractivity contribution in [2.75, 3.05) is 0 Å². The molecule has 2 aromatic rings. The minimum absolute atomic E-state index is 0.0527. The molecular weight excluding hydrogens is 416 g/mol. The summed E-state index contributed by atoms with van der Waals surface area (Å²) in [5.41, 5.74) is 2.65. The Morgan fingerprint density at radius 1 is 1.13 bits per heavy atom. The van der Waals surface area contributed by atoms with Crippen LogP contribution >= 0.6 is 0 Å². The van der Waals surface area contributed by atoms with Crippen molar-refractivity contribution in [2.45, 2.75) is 63.1 Å². The van der Waals surface area contributed by atoms with Gasteiger partial charge < -0.3 is 10.4 Å². The Labute approximate surface area is 183 Å². The van der Waals surface area contributed by atoms with E-state index in [-0.39, 0.29) is 17.9 Å². The molecule has 0 bridgehead atoms. The number of amides is 1. The van der Waals surface area contributed by atoms with Crippen molar-refractivity contribution >= 4 is 21.9 Å². The van der Waals surface area contributed by atoms with Gasteiger partial charge in [0.2, 0.25) is 15.9 Å². The second kappa shape index (κ2) is 9.62. The number of aliphatic carboxylic acids is 1. The molecule has 3 rings (SSSR count). The molecule has 0 saturated carbocycles. The smallest absolute Gasteiger partial charge is 0.326 e. The Bertz CT molecular complexity index is 1050. The Morgan fingerprint density at radius 2 is 1.77 bits per heavy atom. The first kappa shape index (κ1) is 23.0. The van der Waals surface area contributed by atoms with Crippen molar-refractivity contribution in [3.63, 3.8) is 0 Å². The number of rotatable bonds is 8. The molecule has 31 heavy (non-hydrogen) atoms. The Hall–Kier alpha value is -2.71. The summed E-state index contributed by atoms with van der Waals surface area (Å²) in [6.45, 7) is 3.86. The first-order valence-electron chi connectivity index (χ1n) is 10.4. The summed E-state index contributed by atoms with van der Waals surface area (Å²) >= 11 is 0. The molecule has 0 radical (unpaired) electrons. The van der Waals surface area contributed by atoms with Crippen LogP contribution in [-0.2, 0) is 32.6 Å². The summed E-state index contributed by atoms with van der Waals surface area (Å²) in [4.78, 5) is 24.9. The summed E-state index contributed by atoms with van der Waals surface area (Å²) in [7, 11) is -3.96. The van der Waals surface area contributed by atoms with Gasteiger partial charge in [0.15, 0.2) is 0 Å². The predicted octanol–water partition coefficient (Wildman–Crippen LogP) is 2.87. The van der Waals surface area contributed by atoms with Crippen LogP contribution in [-0.4, -0.2) is 41.8 Å². The minimum Gasteiger partial charge on any atom is -0.480 e. The van der Waals surface area contributed by atoms with Gasteiger partial charge in [-0.25, -0.2) is 13.2 Å². The molecule has 8 heteroatoms. The molecule has 1 aliphatic heterocycles. The lowest BCUT2D eigenvalue weighted by atomic mass is 9.95. The highest BCUT2D eigenvalue weighted by Gasteiger charge is 2.40. The fourth-order valence-electron chi connectivity index (χ4n) is 3.75. The zero-order valence-corrected chi connectivity index (χ0v) is 18.6. The van der Waals surface area contributed by atoms with E-state index in [0.29, 0.717) is 12.8 Å². The average molecular weight is 445 g/mol. The molecule has 0 aliphatic carbocycles. The van der Waals surface area contributed by atoms with Crippen molar-refractivity contribution < 1.29 is 23.1 Å². The van der Waals surface area contributed by atoms with Crippen molar-refractivity contribution in [1.82, 2.24) is 9.62 Å². The summed E-state index contributed by atoms with van der Waals surface area (Å²) in [6.07, 6.45) is 1.93. The molecule has 2 N–H and O–H groups in total. The molecule has 1 amide bonds. The lowest BCUT2D eigenvalue weighted by molar-refractivity contribution is -0.142. The first-order chi connectivity index (χ1) is 14.7. The number of hydrogen-bond donors (Lipinski definition) is 2. The number of carboxylic acid groups (broad SMARTS) is 1. The van der Waals surface area contributed by atoms with Crippen molar-refractivity contribution in [3.05, 3.63) is 65.2 Å². The highest BCUT2D eigenvalue weighted by molar-refractivity contribution is 7.89. The molecule has 2 atom stereocenters. The molecule has 0 spiro atoms. The van der Waals surface area contributed by atoms with E-state index < -0.39 is 34.0 Å². The van der Waals surface area contributed by atoms with Crippen LogP contribution in [0.5, 0.6) is 0 Å². The van der Waals surface area contributed by atoms with E-state index in [1.807, 2.05) is 38.1 Å². The number of carboxylic acids is 1. The van der Waals surface area contributed by atoms with E-state index in [1.165, 1.54) is 16.4 Å². The van der Waals surface area contributed by atoms with E-state index in [2.05, 4.69) is 5.32 Å². The second-order valence-corrected chi connectivity index (χ2v) is 9.78. The van der Waals surface area contributed by atoms with Crippen molar-refractivity contribution in [3.8, 4) is 0 Å². The van der Waals surface area contributed by atoms with Crippen LogP contribution in [0, 0.1) is 6.92 Å². The Morgan fingerprint density at radius 3 is 2.39 bits per heavy atom. The Kier molecular flexibility index (Phi) is 7.12. The topological polar surface area (TPSA) is 104 Å². The van der Waals surface area contributed by atoms with Crippen LogP contribution in [0.2, 0.25) is 0 Å². The number of sulfonamides is 1. The molecule has 2 aromatic carbocycles. The number of carbonyl (C=O) groups is 2. The van der Waals surface area contributed by atoms with Gasteiger partial charge in [-0.05, 0) is 43.0 Å². The number of fused-ring (bicyclic) bond motifs is 1. The highest BCUT2D eigenvalue weighted by Crippen LogP contribution is 2.29. The van der Waals surface area contributed by atoms with E-state index in [1.54, 1.807) is 12.1 Å². The van der Waals surface area contributed by atoms with Gasteiger partial charge in [0.1, 0.15) is 12.1 Å². The molecule has 0 saturated heterocycles. The molecule has 0 fully saturated rings. The fraction of sp³-hybridized carbons (Fsp3) is 0.391. The largest absolute Gasteiger partial charge is 0.480 e. The lowest BCUT2D eigenvalue weighted by Gasteiger charge is -2.35. The van der Waals surface area contributed by atoms with E-state index in [0.717, 1.165) is 23.1 Å². The van der Waals surface area contributed by atoms with Gasteiger partial charge in [-0.15, -0.1) is 0 Å². The number of nitrogens with zero attached hydrogens (tertiary/aromatic N) is 1. The van der Waals surface area contributed by atoms with Crippen LogP contribution in [0.25, 0.3) is 0 Å². The third-order valence-electron chi connectivity index (χ3n) is 5.60. The summed E-state index contributed by atoms with van der Waals surface area (Å²) < 4.78 is 28.1. The van der Waals surface area contributed by atoms with Crippen LogP contribution in [0.15, 0.2) is 53.4 Å². The average Bonchev–Trinajstić information content (AvgIpc) is 2.75. The molecule has 7 nitrogen and oxygen atoms in total. The maximum Gasteiger partial charge on any atom is 0.326 e. The van der Waals surface area contributed by atoms with Gasteiger partial charge in [0.25, 0.3) is 0 Å². The van der Waals surface area contributed by atoms with E-state index in [4.69, 9.17) is 0 Å². The normalized spacial score (nSPS) is 17.5. The lowest BCUT2D eigenvalue weighted by Crippen LogP contribution is -2.55. The standard InChI is InChI=1S/C23H28N2O5S/c1-3-4-9-20(23(27)28)24-22(26)21-14-17-7-5-6-8-18(17)15-25(21)31(29,30)19-12-10-16(2)11-13-19/h5-8,10-13,20-21H,3-4,9,14-15H2,1-2H3,(H,24,26)(H,27,28)/t20?,21-/m0/s1. The van der Waals surface area contributed by atoms with Crippen LogP contribution < -0.4 is 5.32 Å². The van der Waals surface area contributed by atoms with Gasteiger partial charge >= 0.3 is 5.97 Å². The zero-order valence-electron chi connectivity index (χ0n) is 17.7. The van der Waals surface area contributed by atoms with Gasteiger partial charge in [-0.1, -0.05) is 61.7 Å². The third kappa shape index (κ3) is 5.14. The summed E-state index contributed by atoms with van der Waals surface area (Å²) in [5, 5.41) is 12.1. The predicted molar refractivity (Wildman–Crippen MR) is 117 cm³/mol. The summed E-state index contributed by atoms with van der Waals surface area (Å²) in [6, 6.07) is 11.8. The second-order valence-electron chi connectivity index (χ2n) is 7.89. The first-order valence-corrected chi connectivity index (χ1v) is 11.9. The number of nitrogens with one attached hydrogen (secondary N) is 1. The van der Waals surface area contributed by atoms with E-state index >= 15 is 0 Å². The minimum atomic E-state index is -3.96. The maximum atomic E-state index is 13.4. The van der Waals surface area contributed by atoms with Crippen molar-refractivity contribution in [1.29, 1.82) is 0 Å². The highest BCUT2D eigenvalue weighted by atomic mass is 32.2. The van der Waals surface area contributed by atoms with E-state index in [9.17, 15) is 23.1 Å². The quantitative estimate of drug-likeness (QED) is 0.652. The zero-order chi connectivity index (χ0) is 22.6. The Balaban J connectivity index is 1.95. The van der Waals surface area contributed by atoms with Crippen molar-refractivity contribution in [2.24, 2.45) is 0 Å².